The van der Waals surface area contributed by atoms with Gasteiger partial charge in [0.1, 0.15) is 0 Å². The van der Waals surface area contributed by atoms with Crippen molar-refractivity contribution in [3.8, 4) is 0 Å². The van der Waals surface area contributed by atoms with E-state index in [1.54, 1.807) is 0 Å². The van der Waals surface area contributed by atoms with Crippen molar-refractivity contribution in [2.75, 3.05) is 0 Å². The second kappa shape index (κ2) is 1.68. The maximum atomic E-state index is 10.2. The van der Waals surface area contributed by atoms with Crippen LogP contribution in [0, 0.1) is 0 Å². The standard InChI is InChI=1S/C3HN2O2Se/c6-1-2(7)5-3(8)4-1/h(H,4,5,6,7). The molecule has 1 radical (unpaired) electrons. The molecule has 1 rings (SSSR count). The Morgan fingerprint density at radius 3 is 2.25 bits per heavy atom. The summed E-state index contributed by atoms with van der Waals surface area (Å²) in [5, 5.41) is 2.17. The zero-order chi connectivity index (χ0) is 6.15. The van der Waals surface area contributed by atoms with Crippen molar-refractivity contribution in [3.05, 3.63) is 0 Å². The Kier molecular flexibility index (Phi) is 1.15. The number of rotatable bonds is 0. The number of amides is 2. The van der Waals surface area contributed by atoms with Crippen LogP contribution in [-0.4, -0.2) is 32.6 Å². The van der Waals surface area contributed by atoms with Crippen LogP contribution in [0.1, 0.15) is 0 Å². The van der Waals surface area contributed by atoms with Gasteiger partial charge < -0.3 is 0 Å². The number of aliphatic imine (C=N–C) groups is 1. The van der Waals surface area contributed by atoms with E-state index in [2.05, 4.69) is 26.3 Å². The first-order valence-electron chi connectivity index (χ1n) is 1.81. The predicted molar refractivity (Wildman–Crippen MR) is 26.3 cm³/mol. The molecular formula is C3HN2O2Se. The average Bonchev–Trinajstić information content (AvgIpc) is 1.85. The first-order chi connectivity index (χ1) is 3.70. The summed E-state index contributed by atoms with van der Waals surface area (Å²) in [5.74, 6) is -1.41. The van der Waals surface area contributed by atoms with E-state index in [-0.39, 0.29) is 4.73 Å². The van der Waals surface area contributed by atoms with E-state index < -0.39 is 11.8 Å². The molecule has 0 aromatic rings. The second-order valence-corrected chi connectivity index (χ2v) is 1.99. The molecule has 0 saturated heterocycles. The molecule has 2 amide bonds. The van der Waals surface area contributed by atoms with Gasteiger partial charge in [-0.3, -0.25) is 0 Å². The topological polar surface area (TPSA) is 58.5 Å². The molecule has 0 fully saturated rings. The molecule has 1 heterocycles. The normalized spacial score (nSPS) is 18.2. The van der Waals surface area contributed by atoms with Crippen LogP contribution in [0.25, 0.3) is 0 Å². The molecule has 0 unspecified atom stereocenters. The van der Waals surface area contributed by atoms with Gasteiger partial charge in [-0.25, -0.2) is 0 Å². The summed E-state index contributed by atoms with van der Waals surface area (Å²) in [6.45, 7) is 0. The van der Waals surface area contributed by atoms with Crippen molar-refractivity contribution >= 4 is 32.6 Å². The Morgan fingerprint density at radius 2 is 2.12 bits per heavy atom. The van der Waals surface area contributed by atoms with Crippen LogP contribution in [0.4, 0.5) is 0 Å². The zero-order valence-electron chi connectivity index (χ0n) is 3.67. The van der Waals surface area contributed by atoms with E-state index in [4.69, 9.17) is 0 Å². The monoisotopic (exact) mass is 177 g/mol. The van der Waals surface area contributed by atoms with Gasteiger partial charge >= 0.3 is 52.5 Å². The SMILES string of the molecule is O=C1N=C([Se])NC1=O. The number of hydrogen-bond donors (Lipinski definition) is 1. The van der Waals surface area contributed by atoms with Gasteiger partial charge in [0.15, 0.2) is 0 Å². The summed E-state index contributed by atoms with van der Waals surface area (Å²) < 4.78 is 0.250. The molecule has 0 atom stereocenters. The molecule has 1 aliphatic rings. The predicted octanol–water partition coefficient (Wildman–Crippen LogP) is -1.83. The fourth-order valence-corrected chi connectivity index (χ4v) is 0.690. The van der Waals surface area contributed by atoms with E-state index in [1.807, 2.05) is 0 Å². The molecule has 41 valence electrons. The van der Waals surface area contributed by atoms with Crippen molar-refractivity contribution in [3.63, 3.8) is 0 Å². The van der Waals surface area contributed by atoms with E-state index in [0.717, 1.165) is 0 Å². The van der Waals surface area contributed by atoms with Gasteiger partial charge in [-0.05, 0) is 0 Å². The number of nitrogens with zero attached hydrogens (tertiary/aromatic N) is 1. The fraction of sp³-hybridized carbons (Fsp3) is 0. The Balaban J connectivity index is 2.85. The summed E-state index contributed by atoms with van der Waals surface area (Å²) in [7, 11) is 0. The number of hydrogen-bond acceptors (Lipinski definition) is 2. The van der Waals surface area contributed by atoms with Crippen molar-refractivity contribution in [2.45, 2.75) is 0 Å². The van der Waals surface area contributed by atoms with E-state index in [0.29, 0.717) is 0 Å². The third-order valence-corrected chi connectivity index (χ3v) is 1.02. The number of carbonyl (C=O) groups is 2. The Labute approximate surface area is 53.2 Å². The van der Waals surface area contributed by atoms with Gasteiger partial charge in [0.25, 0.3) is 0 Å². The van der Waals surface area contributed by atoms with Crippen LogP contribution < -0.4 is 5.32 Å². The molecular weight excluding hydrogens is 175 g/mol. The Morgan fingerprint density at radius 1 is 1.50 bits per heavy atom. The van der Waals surface area contributed by atoms with Crippen LogP contribution in [0.3, 0.4) is 0 Å². The molecule has 0 saturated carbocycles. The summed E-state index contributed by atoms with van der Waals surface area (Å²) in [6.07, 6.45) is 0. The van der Waals surface area contributed by atoms with Crippen molar-refractivity contribution in [1.29, 1.82) is 0 Å². The number of amidine groups is 1. The summed E-state index contributed by atoms with van der Waals surface area (Å²) >= 11 is 2.40. The van der Waals surface area contributed by atoms with Crippen LogP contribution in [0.2, 0.25) is 0 Å². The molecule has 8 heavy (non-hydrogen) atoms. The molecule has 0 aliphatic carbocycles. The first-order valence-corrected chi connectivity index (χ1v) is 2.67. The van der Waals surface area contributed by atoms with E-state index in [9.17, 15) is 9.59 Å². The summed E-state index contributed by atoms with van der Waals surface area (Å²) in [6, 6.07) is 0. The van der Waals surface area contributed by atoms with Gasteiger partial charge in [0.2, 0.25) is 0 Å². The van der Waals surface area contributed by atoms with E-state index in [1.165, 1.54) is 0 Å². The van der Waals surface area contributed by atoms with Crippen LogP contribution in [0.5, 0.6) is 0 Å². The molecule has 0 bridgehead atoms. The van der Waals surface area contributed by atoms with Crippen LogP contribution >= 0.6 is 0 Å². The first kappa shape index (κ1) is 5.47. The van der Waals surface area contributed by atoms with Gasteiger partial charge in [-0.15, -0.1) is 0 Å². The number of carbonyl (C=O) groups excluding carboxylic acids is 2. The van der Waals surface area contributed by atoms with Crippen molar-refractivity contribution in [2.24, 2.45) is 4.99 Å². The van der Waals surface area contributed by atoms with Gasteiger partial charge in [0.05, 0.1) is 0 Å². The average molecular weight is 176 g/mol. The van der Waals surface area contributed by atoms with Gasteiger partial charge in [0, 0.05) is 0 Å². The Bertz CT molecular complexity index is 186. The second-order valence-electron chi connectivity index (χ2n) is 1.18. The molecule has 1 aliphatic heterocycles. The quantitative estimate of drug-likeness (QED) is 0.348. The third kappa shape index (κ3) is 0.778. The van der Waals surface area contributed by atoms with Crippen molar-refractivity contribution in [1.82, 2.24) is 5.32 Å². The molecule has 5 heteroatoms. The van der Waals surface area contributed by atoms with Gasteiger partial charge in [-0.1, -0.05) is 0 Å². The van der Waals surface area contributed by atoms with Crippen molar-refractivity contribution < 1.29 is 9.59 Å². The minimum atomic E-state index is -0.737. The number of nitrogens with one attached hydrogen (secondary N) is 1. The maximum absolute atomic E-state index is 10.2. The van der Waals surface area contributed by atoms with Gasteiger partial charge in [-0.2, -0.15) is 0 Å². The fourth-order valence-electron chi connectivity index (χ4n) is 0.322. The molecule has 0 spiro atoms. The Hall–Kier alpha value is -0.671. The molecule has 0 aromatic carbocycles. The van der Waals surface area contributed by atoms with Crippen LogP contribution in [0.15, 0.2) is 4.99 Å². The summed E-state index contributed by atoms with van der Waals surface area (Å²) in [4.78, 5) is 23.6. The molecule has 1 N–H and O–H groups in total. The zero-order valence-corrected chi connectivity index (χ0v) is 5.39. The molecule has 0 aromatic heterocycles. The minimum absolute atomic E-state index is 0.250. The third-order valence-electron chi connectivity index (χ3n) is 0.618. The summed E-state index contributed by atoms with van der Waals surface area (Å²) in [5.41, 5.74) is 0. The van der Waals surface area contributed by atoms with E-state index >= 15 is 0 Å². The molecule has 4 nitrogen and oxygen atoms in total. The van der Waals surface area contributed by atoms with Crippen LogP contribution in [-0.2, 0) is 9.59 Å².